The lowest BCUT2D eigenvalue weighted by Crippen LogP contribution is -2.36. The average Bonchev–Trinajstić information content (AvgIpc) is 3.44. The molecular formula is C41H49BrCl3F3N2O4. The summed E-state index contributed by atoms with van der Waals surface area (Å²) >= 11 is 10.8. The van der Waals surface area contributed by atoms with E-state index in [1.54, 1.807) is 36.4 Å². The van der Waals surface area contributed by atoms with Gasteiger partial charge in [-0.3, -0.25) is 4.79 Å². The third-order valence-electron chi connectivity index (χ3n) is 9.65. The Balaban J connectivity index is 0.000000371. The first-order valence-corrected chi connectivity index (χ1v) is 18.8. The predicted molar refractivity (Wildman–Crippen MR) is 216 cm³/mol. The molecule has 3 aromatic rings. The minimum atomic E-state index is -0.699. The van der Waals surface area contributed by atoms with E-state index >= 15 is 0 Å². The van der Waals surface area contributed by atoms with Crippen LogP contribution in [0.1, 0.15) is 100 Å². The molecule has 1 spiro atoms. The topological polar surface area (TPSA) is 72.9 Å². The number of ether oxygens (including phenoxy) is 3. The minimum Gasteiger partial charge on any atom is -0.496 e. The number of hydrogen-bond donors (Lipinski definition) is 0. The molecule has 1 aliphatic heterocycles. The van der Waals surface area contributed by atoms with Gasteiger partial charge in [-0.25, -0.2) is 19.7 Å². The summed E-state index contributed by atoms with van der Waals surface area (Å²) in [5.41, 5.74) is -0.104. The molecule has 0 radical (unpaired) electrons. The Labute approximate surface area is 344 Å². The van der Waals surface area contributed by atoms with Crippen LogP contribution in [-0.4, -0.2) is 31.9 Å². The molecule has 0 atom stereocenters. The van der Waals surface area contributed by atoms with Crippen LogP contribution in [0.25, 0.3) is 4.85 Å². The standard InChI is InChI=1S/C14H16FNO.C13H13FO2.C9H8FNO.C5H10Cl2.BrH.ClH/c1-17-12-7-5-6-11(15)13(12)14(10-16)8-3-2-4-9-14;14-9-5-4-6-10-11(9)13(12(15)16-10)7-2-1-3-8-13;1-11-6-7-8(10)4-3-5-9(7)12-2;6-4-2-1-3-5-7;;/h5-7H,2-4,8-9H2,1H3;4-6H,1-3,7-8H2;3-5H,6H2,2H3;1-5H2;2*1H. The zero-order valence-corrected chi connectivity index (χ0v) is 34.8. The number of unbranched alkanes of at least 4 members (excludes halogenated alkanes) is 2. The van der Waals surface area contributed by atoms with Crippen molar-refractivity contribution in [1.29, 1.82) is 5.26 Å². The maximum Gasteiger partial charge on any atom is 0.322 e. The summed E-state index contributed by atoms with van der Waals surface area (Å²) in [6.45, 7) is 6.63. The van der Waals surface area contributed by atoms with Crippen LogP contribution in [0.5, 0.6) is 17.2 Å². The first-order chi connectivity index (χ1) is 25.2. The molecule has 6 rings (SSSR count). The largest absolute Gasteiger partial charge is 0.496 e. The second-order valence-corrected chi connectivity index (χ2v) is 13.6. The lowest BCUT2D eigenvalue weighted by Gasteiger charge is -2.32. The van der Waals surface area contributed by atoms with Crippen LogP contribution in [-0.2, 0) is 22.2 Å². The molecule has 0 amide bonds. The predicted octanol–water partition coefficient (Wildman–Crippen LogP) is 12.4. The number of fused-ring (bicyclic) bond motifs is 2. The van der Waals surface area contributed by atoms with Gasteiger partial charge in [-0.2, -0.15) is 5.26 Å². The van der Waals surface area contributed by atoms with E-state index in [0.717, 1.165) is 88.8 Å². The maximum absolute atomic E-state index is 14.0. The first-order valence-electron chi connectivity index (χ1n) is 17.7. The molecule has 296 valence electrons. The number of esters is 1. The number of methoxy groups -OCH3 is 2. The molecule has 2 saturated carbocycles. The number of carbonyl (C=O) groups excluding carboxylic acids is 1. The summed E-state index contributed by atoms with van der Waals surface area (Å²) < 4.78 is 56.2. The Morgan fingerprint density at radius 1 is 0.778 bits per heavy atom. The van der Waals surface area contributed by atoms with Gasteiger partial charge in [0.2, 0.25) is 6.54 Å². The van der Waals surface area contributed by atoms with E-state index in [2.05, 4.69) is 10.9 Å². The van der Waals surface area contributed by atoms with Gasteiger partial charge in [-0.1, -0.05) is 63.1 Å². The Hall–Kier alpha value is -3.15. The number of hydrogen-bond acceptors (Lipinski definition) is 5. The fourth-order valence-electron chi connectivity index (χ4n) is 7.00. The molecule has 0 unspecified atom stereocenters. The van der Waals surface area contributed by atoms with Gasteiger partial charge >= 0.3 is 5.97 Å². The lowest BCUT2D eigenvalue weighted by molar-refractivity contribution is -0.139. The Bertz CT molecular complexity index is 1690. The Morgan fingerprint density at radius 3 is 1.80 bits per heavy atom. The Kier molecular flexibility index (Phi) is 22.7. The van der Waals surface area contributed by atoms with Gasteiger partial charge in [0.05, 0.1) is 36.7 Å². The highest BCUT2D eigenvalue weighted by Gasteiger charge is 2.51. The molecule has 2 fully saturated rings. The van der Waals surface area contributed by atoms with E-state index in [0.29, 0.717) is 33.9 Å². The second kappa shape index (κ2) is 25.1. The molecule has 3 aliphatic rings. The quantitative estimate of drug-likeness (QED) is 0.0741. The third-order valence-corrected chi connectivity index (χ3v) is 10.2. The van der Waals surface area contributed by atoms with E-state index in [4.69, 9.17) is 44.0 Å². The molecule has 0 saturated heterocycles. The van der Waals surface area contributed by atoms with Crippen molar-refractivity contribution in [3.63, 3.8) is 0 Å². The van der Waals surface area contributed by atoms with E-state index < -0.39 is 10.8 Å². The third kappa shape index (κ3) is 12.4. The molecule has 3 aromatic carbocycles. The smallest absolute Gasteiger partial charge is 0.322 e. The van der Waals surface area contributed by atoms with Crippen LogP contribution in [0.2, 0.25) is 0 Å². The van der Waals surface area contributed by atoms with Crippen molar-refractivity contribution in [2.75, 3.05) is 26.0 Å². The average molecular weight is 877 g/mol. The minimum absolute atomic E-state index is 0. The highest BCUT2D eigenvalue weighted by Crippen LogP contribution is 2.49. The van der Waals surface area contributed by atoms with Gasteiger partial charge in [0, 0.05) is 17.3 Å². The van der Waals surface area contributed by atoms with E-state index in [9.17, 15) is 23.2 Å². The van der Waals surface area contributed by atoms with Crippen molar-refractivity contribution in [2.45, 2.75) is 101 Å². The van der Waals surface area contributed by atoms with E-state index in [1.165, 1.54) is 38.8 Å². The van der Waals surface area contributed by atoms with Gasteiger partial charge < -0.3 is 19.1 Å². The van der Waals surface area contributed by atoms with Gasteiger partial charge in [0.25, 0.3) is 0 Å². The van der Waals surface area contributed by atoms with Gasteiger partial charge in [0.15, 0.2) is 0 Å². The summed E-state index contributed by atoms with van der Waals surface area (Å²) in [5.74, 6) is 1.63. The van der Waals surface area contributed by atoms with Crippen molar-refractivity contribution >= 4 is 58.6 Å². The lowest BCUT2D eigenvalue weighted by atomic mass is 9.70. The number of benzene rings is 3. The molecule has 1 heterocycles. The summed E-state index contributed by atoms with van der Waals surface area (Å²) in [4.78, 5) is 15.1. The summed E-state index contributed by atoms with van der Waals surface area (Å²) in [7, 11) is 2.98. The van der Waals surface area contributed by atoms with Crippen LogP contribution in [0.4, 0.5) is 13.2 Å². The molecule has 0 bridgehead atoms. The maximum atomic E-state index is 14.0. The fraction of sp³-hybridized carbons (Fsp3) is 0.488. The number of nitriles is 1. The molecule has 54 heavy (non-hydrogen) atoms. The van der Waals surface area contributed by atoms with Crippen molar-refractivity contribution in [1.82, 2.24) is 0 Å². The zero-order chi connectivity index (χ0) is 38.0. The van der Waals surface area contributed by atoms with Crippen LogP contribution >= 0.6 is 52.6 Å². The summed E-state index contributed by atoms with van der Waals surface area (Å²) in [6.07, 6.45) is 12.4. The molecule has 0 N–H and O–H groups in total. The molecular weight excluding hydrogens is 828 g/mol. The highest BCUT2D eigenvalue weighted by atomic mass is 79.9. The first kappa shape index (κ1) is 48.9. The van der Waals surface area contributed by atoms with E-state index in [-0.39, 0.29) is 59.4 Å². The van der Waals surface area contributed by atoms with Crippen LogP contribution in [0.15, 0.2) is 54.6 Å². The number of alkyl halides is 2. The second-order valence-electron chi connectivity index (χ2n) is 12.9. The number of rotatable bonds is 8. The normalized spacial score (nSPS) is 15.5. The van der Waals surface area contributed by atoms with E-state index in [1.807, 2.05) is 0 Å². The van der Waals surface area contributed by atoms with Crippen LogP contribution in [0.3, 0.4) is 0 Å². The zero-order valence-electron chi connectivity index (χ0n) is 30.7. The molecule has 0 aromatic heterocycles. The van der Waals surface area contributed by atoms with Crippen molar-refractivity contribution in [3.8, 4) is 23.3 Å². The van der Waals surface area contributed by atoms with Crippen molar-refractivity contribution in [3.05, 3.63) is 100 Å². The number of carbonyl (C=O) groups is 1. The van der Waals surface area contributed by atoms with Gasteiger partial charge in [-0.05, 0) is 74.9 Å². The monoisotopic (exact) mass is 874 g/mol. The summed E-state index contributed by atoms with van der Waals surface area (Å²) in [6, 6.07) is 16.3. The molecule has 2 aliphatic carbocycles. The number of nitrogens with zero attached hydrogens (tertiary/aromatic N) is 2. The summed E-state index contributed by atoms with van der Waals surface area (Å²) in [5, 5.41) is 9.47. The van der Waals surface area contributed by atoms with Crippen LogP contribution < -0.4 is 14.2 Å². The molecule has 6 nitrogen and oxygen atoms in total. The van der Waals surface area contributed by atoms with Gasteiger partial charge in [-0.15, -0.1) is 52.6 Å². The van der Waals surface area contributed by atoms with Gasteiger partial charge in [0.1, 0.15) is 40.3 Å². The highest BCUT2D eigenvalue weighted by molar-refractivity contribution is 8.93. The van der Waals surface area contributed by atoms with Crippen molar-refractivity contribution < 1.29 is 32.2 Å². The van der Waals surface area contributed by atoms with Crippen molar-refractivity contribution in [2.24, 2.45) is 0 Å². The number of halogens is 7. The SMILES string of the molecule is Br.COc1cccc(F)c1C1(C#N)CCCCC1.Cl.ClCCCCCCl.O=C1Oc2cccc(F)c2C12CCCCC2.[C-]#[N+]Cc1c(F)cccc1OC. The Morgan fingerprint density at radius 2 is 1.28 bits per heavy atom. The van der Waals surface area contributed by atoms with Crippen LogP contribution in [0, 0.1) is 35.4 Å². The molecule has 13 heteroatoms. The fourth-order valence-corrected chi connectivity index (χ4v) is 7.38.